The smallest absolute Gasteiger partial charge is 0.0873 e. The summed E-state index contributed by atoms with van der Waals surface area (Å²) in [5.74, 6) is 0.800. The fourth-order valence-corrected chi connectivity index (χ4v) is 5.45. The Labute approximate surface area is 113 Å². The quantitative estimate of drug-likeness (QED) is 0.599. The summed E-state index contributed by atoms with van der Waals surface area (Å²) < 4.78 is 1.53. The summed E-state index contributed by atoms with van der Waals surface area (Å²) in [7, 11) is 0. The molecule has 2 aromatic heterocycles. The van der Waals surface area contributed by atoms with E-state index in [0.29, 0.717) is 0 Å². The van der Waals surface area contributed by atoms with Gasteiger partial charge in [-0.2, -0.15) is 0 Å². The zero-order valence-electron chi connectivity index (χ0n) is 11.3. The molecule has 0 N–H and O–H groups in total. The molecule has 17 heavy (non-hydrogen) atoms. The molecule has 2 aromatic rings. The molecular formula is C15H22S2. The number of rotatable bonds is 5. The first-order valence-electron chi connectivity index (χ1n) is 6.66. The molecule has 2 heteroatoms. The van der Waals surface area contributed by atoms with E-state index in [1.165, 1.54) is 35.3 Å². The highest BCUT2D eigenvalue weighted by molar-refractivity contribution is 7.37. The molecule has 0 unspecified atom stereocenters. The van der Waals surface area contributed by atoms with Crippen molar-refractivity contribution in [3.8, 4) is 0 Å². The second kappa shape index (κ2) is 5.53. The molecule has 0 saturated heterocycles. The van der Waals surface area contributed by atoms with Gasteiger partial charge in [0, 0.05) is 10.3 Å². The van der Waals surface area contributed by atoms with E-state index in [9.17, 15) is 0 Å². The maximum absolute atomic E-state index is 2.33. The molecule has 2 heterocycles. The Bertz CT molecular complexity index is 484. The minimum absolute atomic E-state index is 0.800. The summed E-state index contributed by atoms with van der Waals surface area (Å²) in [6.07, 6.45) is 5.30. The third-order valence-corrected chi connectivity index (χ3v) is 6.21. The van der Waals surface area contributed by atoms with Gasteiger partial charge < -0.3 is 0 Å². The third-order valence-electron chi connectivity index (χ3n) is 3.53. The largest absolute Gasteiger partial charge is 0.133 e. The predicted octanol–water partition coefficient (Wildman–Crippen LogP) is 6.26. The van der Waals surface area contributed by atoms with Gasteiger partial charge in [-0.1, -0.05) is 26.7 Å². The molecule has 0 bridgehead atoms. The van der Waals surface area contributed by atoms with Crippen LogP contribution < -0.4 is 0 Å². The highest BCUT2D eigenvalue weighted by atomic mass is 32.2. The minimum atomic E-state index is 0.800. The van der Waals surface area contributed by atoms with Crippen molar-refractivity contribution in [2.24, 2.45) is 0 Å². The topological polar surface area (TPSA) is 0 Å². The van der Waals surface area contributed by atoms with Gasteiger partial charge in [0.05, 0.1) is 4.01 Å². The van der Waals surface area contributed by atoms with Crippen LogP contribution in [0.5, 0.6) is 0 Å². The van der Waals surface area contributed by atoms with E-state index in [0.717, 1.165) is 5.92 Å². The molecule has 0 aromatic carbocycles. The average Bonchev–Trinajstić information content (AvgIpc) is 2.81. The van der Waals surface area contributed by atoms with Crippen molar-refractivity contribution in [3.63, 3.8) is 0 Å². The first kappa shape index (κ1) is 13.1. The SMILES string of the molecule is CCCC(CCC)c1sc2scc(C)c2c1C. The van der Waals surface area contributed by atoms with Crippen molar-refractivity contribution < 1.29 is 0 Å². The second-order valence-corrected chi connectivity index (χ2v) is 7.14. The van der Waals surface area contributed by atoms with Gasteiger partial charge >= 0.3 is 0 Å². The number of hydrogen-bond donors (Lipinski definition) is 0. The Hall–Kier alpha value is -0.340. The van der Waals surface area contributed by atoms with Gasteiger partial charge in [-0.15, -0.1) is 22.7 Å². The lowest BCUT2D eigenvalue weighted by molar-refractivity contribution is 0.567. The van der Waals surface area contributed by atoms with E-state index < -0.39 is 0 Å². The molecule has 0 saturated carbocycles. The van der Waals surface area contributed by atoms with Crippen LogP contribution in [0.25, 0.3) is 9.40 Å². The first-order valence-corrected chi connectivity index (χ1v) is 8.35. The molecular weight excluding hydrogens is 244 g/mol. The van der Waals surface area contributed by atoms with E-state index >= 15 is 0 Å². The number of fused-ring (bicyclic) bond motifs is 1. The van der Waals surface area contributed by atoms with Crippen LogP contribution in [0, 0.1) is 13.8 Å². The summed E-state index contributed by atoms with van der Waals surface area (Å²) in [5, 5.41) is 3.85. The molecule has 2 rings (SSSR count). The highest BCUT2D eigenvalue weighted by Crippen LogP contribution is 2.43. The van der Waals surface area contributed by atoms with E-state index in [1.54, 1.807) is 15.8 Å². The maximum atomic E-state index is 2.33. The number of aryl methyl sites for hydroxylation is 2. The normalized spacial score (nSPS) is 11.8. The Balaban J connectivity index is 2.42. The first-order chi connectivity index (χ1) is 8.19. The Morgan fingerprint density at radius 2 is 1.76 bits per heavy atom. The van der Waals surface area contributed by atoms with Crippen LogP contribution in [0.3, 0.4) is 0 Å². The molecule has 0 fully saturated rings. The van der Waals surface area contributed by atoms with E-state index in [-0.39, 0.29) is 0 Å². The summed E-state index contributed by atoms with van der Waals surface area (Å²) in [5.41, 5.74) is 3.03. The molecule has 0 spiro atoms. The van der Waals surface area contributed by atoms with Crippen LogP contribution in [0.2, 0.25) is 0 Å². The van der Waals surface area contributed by atoms with Gasteiger partial charge in [0.1, 0.15) is 0 Å². The highest BCUT2D eigenvalue weighted by Gasteiger charge is 2.18. The number of thiophene rings is 2. The van der Waals surface area contributed by atoms with Crippen LogP contribution in [-0.4, -0.2) is 0 Å². The summed E-state index contributed by atoms with van der Waals surface area (Å²) in [4.78, 5) is 1.67. The summed E-state index contributed by atoms with van der Waals surface area (Å²) >= 11 is 3.97. The molecule has 0 amide bonds. The molecule has 0 aliphatic heterocycles. The Morgan fingerprint density at radius 3 is 2.29 bits per heavy atom. The van der Waals surface area contributed by atoms with E-state index in [2.05, 4.69) is 44.4 Å². The number of hydrogen-bond acceptors (Lipinski definition) is 2. The van der Waals surface area contributed by atoms with Gasteiger partial charge in [0.25, 0.3) is 0 Å². The van der Waals surface area contributed by atoms with Gasteiger partial charge in [-0.3, -0.25) is 0 Å². The minimum Gasteiger partial charge on any atom is -0.133 e. The second-order valence-electron chi connectivity index (χ2n) is 4.95. The van der Waals surface area contributed by atoms with Crippen LogP contribution in [0.4, 0.5) is 0 Å². The van der Waals surface area contributed by atoms with Crippen molar-refractivity contribution in [3.05, 3.63) is 21.4 Å². The van der Waals surface area contributed by atoms with Crippen LogP contribution in [0.1, 0.15) is 61.5 Å². The molecule has 0 aliphatic carbocycles. The standard InChI is InChI=1S/C15H22S2/c1-5-7-12(8-6-2)14-11(4)13-10(3)9-16-15(13)17-14/h9,12H,5-8H2,1-4H3. The van der Waals surface area contributed by atoms with Gasteiger partial charge in [-0.25, -0.2) is 0 Å². The van der Waals surface area contributed by atoms with Gasteiger partial charge in [0.15, 0.2) is 0 Å². The van der Waals surface area contributed by atoms with Crippen LogP contribution in [0.15, 0.2) is 5.38 Å². The average molecular weight is 266 g/mol. The predicted molar refractivity (Wildman–Crippen MR) is 81.7 cm³/mol. The lowest BCUT2D eigenvalue weighted by Crippen LogP contribution is -1.97. The third kappa shape index (κ3) is 2.43. The summed E-state index contributed by atoms with van der Waals surface area (Å²) in [6, 6.07) is 0. The van der Waals surface area contributed by atoms with Crippen molar-refractivity contribution in [2.45, 2.75) is 59.3 Å². The van der Waals surface area contributed by atoms with E-state index in [1.807, 2.05) is 11.3 Å². The van der Waals surface area contributed by atoms with Crippen LogP contribution in [-0.2, 0) is 0 Å². The Kier molecular flexibility index (Phi) is 4.26. The van der Waals surface area contributed by atoms with Gasteiger partial charge in [0.2, 0.25) is 0 Å². The zero-order valence-corrected chi connectivity index (χ0v) is 12.9. The van der Waals surface area contributed by atoms with Crippen molar-refractivity contribution >= 4 is 32.1 Å². The Morgan fingerprint density at radius 1 is 1.12 bits per heavy atom. The van der Waals surface area contributed by atoms with E-state index in [4.69, 9.17) is 0 Å². The van der Waals surface area contributed by atoms with Crippen molar-refractivity contribution in [1.82, 2.24) is 0 Å². The monoisotopic (exact) mass is 266 g/mol. The fourth-order valence-electron chi connectivity index (χ4n) is 2.74. The summed E-state index contributed by atoms with van der Waals surface area (Å²) in [6.45, 7) is 9.18. The van der Waals surface area contributed by atoms with Crippen LogP contribution >= 0.6 is 22.7 Å². The molecule has 0 nitrogen and oxygen atoms in total. The molecule has 0 atom stereocenters. The lowest BCUT2D eigenvalue weighted by Gasteiger charge is -2.14. The van der Waals surface area contributed by atoms with Crippen molar-refractivity contribution in [1.29, 1.82) is 0 Å². The maximum Gasteiger partial charge on any atom is 0.0873 e. The molecule has 0 aliphatic rings. The fraction of sp³-hybridized carbons (Fsp3) is 0.600. The van der Waals surface area contributed by atoms with Crippen molar-refractivity contribution in [2.75, 3.05) is 0 Å². The lowest BCUT2D eigenvalue weighted by atomic mass is 9.93. The molecule has 94 valence electrons. The van der Waals surface area contributed by atoms with Gasteiger partial charge in [-0.05, 0) is 49.1 Å². The zero-order chi connectivity index (χ0) is 12.4. The molecule has 0 radical (unpaired) electrons.